The van der Waals surface area contributed by atoms with Crippen molar-refractivity contribution >= 4 is 11.6 Å². The van der Waals surface area contributed by atoms with Gasteiger partial charge in [0.15, 0.2) is 5.96 Å². The van der Waals surface area contributed by atoms with Gasteiger partial charge in [-0.25, -0.2) is 4.99 Å². The van der Waals surface area contributed by atoms with E-state index in [0.717, 1.165) is 23.4 Å². The molecule has 0 heterocycles. The van der Waals surface area contributed by atoms with Crippen LogP contribution in [0.15, 0.2) is 47.5 Å². The molecule has 4 nitrogen and oxygen atoms in total. The van der Waals surface area contributed by atoms with E-state index < -0.39 is 0 Å². The lowest BCUT2D eigenvalue weighted by molar-refractivity contribution is 0.314. The van der Waals surface area contributed by atoms with Gasteiger partial charge < -0.3 is 15.8 Å². The molecule has 0 amide bonds. The zero-order valence-electron chi connectivity index (χ0n) is 14.1. The molecule has 2 aromatic rings. The number of aryl methyl sites for hydroxylation is 2. The topological polar surface area (TPSA) is 59.6 Å². The van der Waals surface area contributed by atoms with Crippen LogP contribution >= 0.6 is 0 Å². The summed E-state index contributed by atoms with van der Waals surface area (Å²) in [7, 11) is 0. The third-order valence-corrected chi connectivity index (χ3v) is 3.39. The lowest BCUT2D eigenvalue weighted by Gasteiger charge is -2.11. The summed E-state index contributed by atoms with van der Waals surface area (Å²) in [5.74, 6) is 1.29. The first kappa shape index (κ1) is 16.9. The van der Waals surface area contributed by atoms with E-state index in [9.17, 15) is 0 Å². The van der Waals surface area contributed by atoms with E-state index in [2.05, 4.69) is 30.2 Å². The SMILES string of the molecule is CCCOc1cc(C)ccc1CN=C(N)Nc1cccc(C)c1. The molecule has 0 radical (unpaired) electrons. The molecule has 122 valence electrons. The van der Waals surface area contributed by atoms with Crippen LogP contribution in [-0.2, 0) is 6.54 Å². The van der Waals surface area contributed by atoms with Gasteiger partial charge in [0, 0.05) is 11.3 Å². The molecule has 0 fully saturated rings. The average molecular weight is 311 g/mol. The first-order valence-corrected chi connectivity index (χ1v) is 7.94. The summed E-state index contributed by atoms with van der Waals surface area (Å²) in [5.41, 5.74) is 10.3. The molecule has 0 atom stereocenters. The fraction of sp³-hybridized carbons (Fsp3) is 0.316. The number of aliphatic imine (C=N–C) groups is 1. The number of rotatable bonds is 6. The number of nitrogens with one attached hydrogen (secondary N) is 1. The molecule has 0 aliphatic carbocycles. The van der Waals surface area contributed by atoms with Gasteiger partial charge in [-0.1, -0.05) is 31.2 Å². The maximum atomic E-state index is 5.98. The number of nitrogens with two attached hydrogens (primary N) is 1. The number of anilines is 1. The molecule has 0 aromatic heterocycles. The highest BCUT2D eigenvalue weighted by molar-refractivity contribution is 5.92. The Morgan fingerprint density at radius 3 is 2.65 bits per heavy atom. The van der Waals surface area contributed by atoms with E-state index in [1.165, 1.54) is 11.1 Å². The second-order valence-corrected chi connectivity index (χ2v) is 5.66. The van der Waals surface area contributed by atoms with Crippen molar-refractivity contribution in [3.8, 4) is 5.75 Å². The molecule has 4 heteroatoms. The van der Waals surface area contributed by atoms with Crippen molar-refractivity contribution in [2.45, 2.75) is 33.7 Å². The van der Waals surface area contributed by atoms with Gasteiger partial charge in [-0.2, -0.15) is 0 Å². The van der Waals surface area contributed by atoms with Crippen molar-refractivity contribution in [1.82, 2.24) is 0 Å². The zero-order chi connectivity index (χ0) is 16.7. The van der Waals surface area contributed by atoms with Crippen LogP contribution in [0.1, 0.15) is 30.0 Å². The largest absolute Gasteiger partial charge is 0.493 e. The molecule has 0 saturated carbocycles. The fourth-order valence-corrected chi connectivity index (χ4v) is 2.22. The molecule has 3 N–H and O–H groups in total. The van der Waals surface area contributed by atoms with Crippen LogP contribution in [0.4, 0.5) is 5.69 Å². The highest BCUT2D eigenvalue weighted by atomic mass is 16.5. The van der Waals surface area contributed by atoms with Gasteiger partial charge in [0.05, 0.1) is 13.2 Å². The van der Waals surface area contributed by atoms with Gasteiger partial charge >= 0.3 is 0 Å². The van der Waals surface area contributed by atoms with E-state index in [1.807, 2.05) is 43.3 Å². The van der Waals surface area contributed by atoms with Crippen LogP contribution in [0, 0.1) is 13.8 Å². The minimum atomic E-state index is 0.401. The molecule has 0 bridgehead atoms. The number of nitrogens with zero attached hydrogens (tertiary/aromatic N) is 1. The van der Waals surface area contributed by atoms with Crippen molar-refractivity contribution in [3.05, 3.63) is 59.2 Å². The van der Waals surface area contributed by atoms with E-state index in [0.29, 0.717) is 19.1 Å². The number of guanidine groups is 1. The molecule has 2 rings (SSSR count). The van der Waals surface area contributed by atoms with Crippen molar-refractivity contribution in [2.75, 3.05) is 11.9 Å². The lowest BCUT2D eigenvalue weighted by atomic mass is 10.1. The smallest absolute Gasteiger partial charge is 0.193 e. The van der Waals surface area contributed by atoms with Crippen molar-refractivity contribution < 1.29 is 4.74 Å². The summed E-state index contributed by atoms with van der Waals surface area (Å²) >= 11 is 0. The molecule has 0 spiro atoms. The average Bonchev–Trinajstić information content (AvgIpc) is 2.52. The van der Waals surface area contributed by atoms with Crippen LogP contribution in [-0.4, -0.2) is 12.6 Å². The van der Waals surface area contributed by atoms with Crippen LogP contribution < -0.4 is 15.8 Å². The summed E-state index contributed by atoms with van der Waals surface area (Å²) < 4.78 is 5.80. The normalized spacial score (nSPS) is 11.3. The molecule has 0 aliphatic heterocycles. The predicted octanol–water partition coefficient (Wildman–Crippen LogP) is 4.02. The lowest BCUT2D eigenvalue weighted by Crippen LogP contribution is -2.22. The Morgan fingerprint density at radius 2 is 1.91 bits per heavy atom. The molecule has 0 unspecified atom stereocenters. The van der Waals surface area contributed by atoms with E-state index in [-0.39, 0.29) is 0 Å². The Balaban J connectivity index is 2.06. The standard InChI is InChI=1S/C19H25N3O/c1-4-10-23-18-12-15(3)8-9-16(18)13-21-19(20)22-17-7-5-6-14(2)11-17/h5-9,11-12H,4,10,13H2,1-3H3,(H3,20,21,22). The van der Waals surface area contributed by atoms with Gasteiger partial charge in [-0.15, -0.1) is 0 Å². The Labute approximate surface area is 138 Å². The summed E-state index contributed by atoms with van der Waals surface area (Å²) in [6, 6.07) is 14.2. The van der Waals surface area contributed by atoms with Gasteiger partial charge in [-0.05, 0) is 49.6 Å². The molecule has 2 aromatic carbocycles. The number of ether oxygens (including phenoxy) is 1. The van der Waals surface area contributed by atoms with Crippen molar-refractivity contribution in [3.63, 3.8) is 0 Å². The second-order valence-electron chi connectivity index (χ2n) is 5.66. The van der Waals surface area contributed by atoms with Gasteiger partial charge in [0.1, 0.15) is 5.75 Å². The first-order valence-electron chi connectivity index (χ1n) is 7.94. The van der Waals surface area contributed by atoms with Crippen molar-refractivity contribution in [2.24, 2.45) is 10.7 Å². The van der Waals surface area contributed by atoms with Gasteiger partial charge in [0.2, 0.25) is 0 Å². The van der Waals surface area contributed by atoms with Crippen LogP contribution in [0.25, 0.3) is 0 Å². The van der Waals surface area contributed by atoms with Gasteiger partial charge in [-0.3, -0.25) is 0 Å². The number of hydrogen-bond acceptors (Lipinski definition) is 2. The highest BCUT2D eigenvalue weighted by Crippen LogP contribution is 2.21. The third kappa shape index (κ3) is 5.33. The molecule has 0 saturated heterocycles. The van der Waals surface area contributed by atoms with Crippen LogP contribution in [0.5, 0.6) is 5.75 Å². The minimum Gasteiger partial charge on any atom is -0.493 e. The maximum absolute atomic E-state index is 5.98. The van der Waals surface area contributed by atoms with Crippen LogP contribution in [0.2, 0.25) is 0 Å². The Hall–Kier alpha value is -2.49. The Morgan fingerprint density at radius 1 is 1.13 bits per heavy atom. The monoisotopic (exact) mass is 311 g/mol. The zero-order valence-corrected chi connectivity index (χ0v) is 14.1. The van der Waals surface area contributed by atoms with Crippen LogP contribution in [0.3, 0.4) is 0 Å². The van der Waals surface area contributed by atoms with E-state index in [1.54, 1.807) is 0 Å². The Bertz CT molecular complexity index is 680. The predicted molar refractivity (Wildman–Crippen MR) is 97.1 cm³/mol. The highest BCUT2D eigenvalue weighted by Gasteiger charge is 2.04. The summed E-state index contributed by atoms with van der Waals surface area (Å²) in [6.45, 7) is 7.39. The van der Waals surface area contributed by atoms with E-state index >= 15 is 0 Å². The first-order chi connectivity index (χ1) is 11.1. The van der Waals surface area contributed by atoms with Crippen molar-refractivity contribution in [1.29, 1.82) is 0 Å². The number of benzene rings is 2. The quantitative estimate of drug-likeness (QED) is 0.626. The molecule has 23 heavy (non-hydrogen) atoms. The summed E-state index contributed by atoms with van der Waals surface area (Å²) in [6.07, 6.45) is 0.980. The fourth-order valence-electron chi connectivity index (χ4n) is 2.22. The third-order valence-electron chi connectivity index (χ3n) is 3.39. The second kappa shape index (κ2) is 8.22. The maximum Gasteiger partial charge on any atom is 0.193 e. The number of hydrogen-bond donors (Lipinski definition) is 2. The Kier molecular flexibility index (Phi) is 6.03. The molecular formula is C19H25N3O. The van der Waals surface area contributed by atoms with E-state index in [4.69, 9.17) is 10.5 Å². The summed E-state index contributed by atoms with van der Waals surface area (Å²) in [4.78, 5) is 4.42. The summed E-state index contributed by atoms with van der Waals surface area (Å²) in [5, 5.41) is 3.11. The molecule has 0 aliphatic rings. The minimum absolute atomic E-state index is 0.401. The molecular weight excluding hydrogens is 286 g/mol. The van der Waals surface area contributed by atoms with Gasteiger partial charge in [0.25, 0.3) is 0 Å².